The molecule has 5 heteroatoms. The molecule has 0 saturated carbocycles. The Bertz CT molecular complexity index is 379. The van der Waals surface area contributed by atoms with Gasteiger partial charge in [-0.3, -0.25) is 4.79 Å². The molecule has 0 aliphatic rings. The lowest BCUT2D eigenvalue weighted by molar-refractivity contribution is 0.100. The number of benzene rings is 1. The third kappa shape index (κ3) is 3.13. The number of hydrogen-bond donors (Lipinski definition) is 3. The number of carbonyl (C=O) groups is 1. The number of amides is 1. The molecule has 1 atom stereocenters. The molecule has 1 aromatic carbocycles. The third-order valence-corrected chi connectivity index (χ3v) is 2.32. The summed E-state index contributed by atoms with van der Waals surface area (Å²) in [5, 5.41) is 3.13. The van der Waals surface area contributed by atoms with Crippen LogP contribution in [0.25, 0.3) is 0 Å². The van der Waals surface area contributed by atoms with Gasteiger partial charge in [-0.1, -0.05) is 0 Å². The van der Waals surface area contributed by atoms with Crippen LogP contribution in [0.15, 0.2) is 18.2 Å². The Morgan fingerprint density at radius 1 is 1.56 bits per heavy atom. The van der Waals surface area contributed by atoms with E-state index >= 15 is 0 Å². The average molecular weight is 223 g/mol. The van der Waals surface area contributed by atoms with Crippen molar-refractivity contribution in [1.82, 2.24) is 0 Å². The number of nitrogen functional groups attached to an aromatic ring is 1. The molecule has 0 aliphatic carbocycles. The Balaban J connectivity index is 2.72. The van der Waals surface area contributed by atoms with Gasteiger partial charge in [0.2, 0.25) is 5.91 Å². The zero-order chi connectivity index (χ0) is 12.1. The van der Waals surface area contributed by atoms with Gasteiger partial charge in [0.1, 0.15) is 0 Å². The van der Waals surface area contributed by atoms with E-state index in [0.717, 1.165) is 5.69 Å². The number of anilines is 2. The molecule has 1 rings (SSSR count). The van der Waals surface area contributed by atoms with E-state index in [9.17, 15) is 4.79 Å². The highest BCUT2D eigenvalue weighted by Gasteiger charge is 2.05. The minimum Gasteiger partial charge on any atom is -0.397 e. The first-order valence-electron chi connectivity index (χ1n) is 5.00. The molecule has 0 saturated heterocycles. The summed E-state index contributed by atoms with van der Waals surface area (Å²) in [5.74, 6) is -0.483. The van der Waals surface area contributed by atoms with Crippen LogP contribution in [0.3, 0.4) is 0 Å². The zero-order valence-corrected chi connectivity index (χ0v) is 9.49. The lowest BCUT2D eigenvalue weighted by Crippen LogP contribution is -2.19. The van der Waals surface area contributed by atoms with Gasteiger partial charge >= 0.3 is 0 Å². The number of carbonyl (C=O) groups excluding carboxylic acids is 1. The topological polar surface area (TPSA) is 90.4 Å². The van der Waals surface area contributed by atoms with Gasteiger partial charge in [0, 0.05) is 19.2 Å². The van der Waals surface area contributed by atoms with Crippen molar-refractivity contribution in [2.45, 2.75) is 13.0 Å². The lowest BCUT2D eigenvalue weighted by atomic mass is 10.1. The van der Waals surface area contributed by atoms with Gasteiger partial charge < -0.3 is 21.5 Å². The second-order valence-electron chi connectivity index (χ2n) is 3.59. The maximum Gasteiger partial charge on any atom is 0.248 e. The molecule has 1 unspecified atom stereocenters. The lowest BCUT2D eigenvalue weighted by Gasteiger charge is -2.13. The van der Waals surface area contributed by atoms with Crippen LogP contribution in [-0.2, 0) is 4.74 Å². The first-order chi connectivity index (χ1) is 7.54. The molecule has 88 valence electrons. The largest absolute Gasteiger partial charge is 0.397 e. The number of ether oxygens (including phenoxy) is 1. The van der Waals surface area contributed by atoms with E-state index in [2.05, 4.69) is 5.32 Å². The standard InChI is InChI=1S/C11H17N3O2/c1-7(16-2)6-14-10-4-3-8(11(13)15)5-9(10)12/h3-5,7,14H,6,12H2,1-2H3,(H2,13,15). The van der Waals surface area contributed by atoms with Gasteiger partial charge in [-0.2, -0.15) is 0 Å². The van der Waals surface area contributed by atoms with Crippen molar-refractivity contribution in [2.24, 2.45) is 5.73 Å². The van der Waals surface area contributed by atoms with Crippen LogP contribution in [0, 0.1) is 0 Å². The van der Waals surface area contributed by atoms with E-state index in [1.54, 1.807) is 25.3 Å². The monoisotopic (exact) mass is 223 g/mol. The maximum atomic E-state index is 10.9. The highest BCUT2D eigenvalue weighted by Crippen LogP contribution is 2.19. The van der Waals surface area contributed by atoms with Crippen LogP contribution in [0.4, 0.5) is 11.4 Å². The number of nitrogens with one attached hydrogen (secondary N) is 1. The van der Waals surface area contributed by atoms with Crippen LogP contribution in [0.1, 0.15) is 17.3 Å². The molecule has 0 spiro atoms. The van der Waals surface area contributed by atoms with Gasteiger partial charge in [-0.25, -0.2) is 0 Å². The molecule has 0 fully saturated rings. The molecule has 0 aliphatic heterocycles. The Labute approximate surface area is 94.8 Å². The smallest absolute Gasteiger partial charge is 0.248 e. The molecule has 16 heavy (non-hydrogen) atoms. The van der Waals surface area contributed by atoms with E-state index < -0.39 is 5.91 Å². The SMILES string of the molecule is COC(C)CNc1ccc(C(N)=O)cc1N. The predicted molar refractivity (Wildman–Crippen MR) is 64.3 cm³/mol. The minimum atomic E-state index is -0.483. The van der Waals surface area contributed by atoms with E-state index in [4.69, 9.17) is 16.2 Å². The summed E-state index contributed by atoms with van der Waals surface area (Å²) >= 11 is 0. The normalized spacial score (nSPS) is 12.1. The summed E-state index contributed by atoms with van der Waals surface area (Å²) < 4.78 is 5.10. The van der Waals surface area contributed by atoms with Crippen molar-refractivity contribution in [3.8, 4) is 0 Å². The van der Waals surface area contributed by atoms with Crippen molar-refractivity contribution in [3.05, 3.63) is 23.8 Å². The van der Waals surface area contributed by atoms with Crippen molar-refractivity contribution in [1.29, 1.82) is 0 Å². The van der Waals surface area contributed by atoms with Gasteiger partial charge in [-0.15, -0.1) is 0 Å². The fraction of sp³-hybridized carbons (Fsp3) is 0.364. The van der Waals surface area contributed by atoms with E-state index in [0.29, 0.717) is 17.8 Å². The van der Waals surface area contributed by atoms with Gasteiger partial charge in [0.25, 0.3) is 0 Å². The number of rotatable bonds is 5. The molecular formula is C11H17N3O2. The molecular weight excluding hydrogens is 206 g/mol. The Kier molecular flexibility index (Phi) is 4.13. The fourth-order valence-corrected chi connectivity index (χ4v) is 1.21. The summed E-state index contributed by atoms with van der Waals surface area (Å²) in [5.41, 5.74) is 12.6. The van der Waals surface area contributed by atoms with Gasteiger partial charge in [-0.05, 0) is 25.1 Å². The van der Waals surface area contributed by atoms with Crippen LogP contribution in [0.5, 0.6) is 0 Å². The van der Waals surface area contributed by atoms with Crippen molar-refractivity contribution < 1.29 is 9.53 Å². The zero-order valence-electron chi connectivity index (χ0n) is 9.49. The average Bonchev–Trinajstić information content (AvgIpc) is 2.26. The highest BCUT2D eigenvalue weighted by molar-refractivity contribution is 5.94. The number of hydrogen-bond acceptors (Lipinski definition) is 4. The maximum absolute atomic E-state index is 10.9. The molecule has 1 amide bonds. The number of methoxy groups -OCH3 is 1. The van der Waals surface area contributed by atoms with Crippen molar-refractivity contribution in [2.75, 3.05) is 24.7 Å². The Morgan fingerprint density at radius 2 is 2.25 bits per heavy atom. The molecule has 0 radical (unpaired) electrons. The van der Waals surface area contributed by atoms with E-state index in [1.165, 1.54) is 0 Å². The Morgan fingerprint density at radius 3 is 2.75 bits per heavy atom. The van der Waals surface area contributed by atoms with Crippen molar-refractivity contribution >= 4 is 17.3 Å². The van der Waals surface area contributed by atoms with Gasteiger partial charge in [0.15, 0.2) is 0 Å². The molecule has 5 nitrogen and oxygen atoms in total. The van der Waals surface area contributed by atoms with Crippen LogP contribution in [0.2, 0.25) is 0 Å². The first kappa shape index (κ1) is 12.3. The Hall–Kier alpha value is -1.75. The number of nitrogens with two attached hydrogens (primary N) is 2. The predicted octanol–water partition coefficient (Wildman–Crippen LogP) is 0.814. The highest BCUT2D eigenvalue weighted by atomic mass is 16.5. The van der Waals surface area contributed by atoms with E-state index in [-0.39, 0.29) is 6.10 Å². The molecule has 1 aromatic rings. The molecule has 5 N–H and O–H groups in total. The summed E-state index contributed by atoms with van der Waals surface area (Å²) in [6.07, 6.45) is 0.0928. The second-order valence-corrected chi connectivity index (χ2v) is 3.59. The summed E-state index contributed by atoms with van der Waals surface area (Å²) in [7, 11) is 1.64. The molecule has 0 heterocycles. The third-order valence-electron chi connectivity index (χ3n) is 2.32. The molecule has 0 aromatic heterocycles. The first-order valence-corrected chi connectivity index (χ1v) is 5.00. The fourth-order valence-electron chi connectivity index (χ4n) is 1.21. The van der Waals surface area contributed by atoms with Crippen LogP contribution >= 0.6 is 0 Å². The molecule has 0 bridgehead atoms. The summed E-state index contributed by atoms with van der Waals surface area (Å²) in [6, 6.07) is 4.93. The van der Waals surface area contributed by atoms with Gasteiger partial charge in [0.05, 0.1) is 17.5 Å². The van der Waals surface area contributed by atoms with Crippen LogP contribution in [-0.4, -0.2) is 25.7 Å². The summed E-state index contributed by atoms with van der Waals surface area (Å²) in [4.78, 5) is 10.9. The van der Waals surface area contributed by atoms with E-state index in [1.807, 2.05) is 6.92 Å². The van der Waals surface area contributed by atoms with Crippen molar-refractivity contribution in [3.63, 3.8) is 0 Å². The quantitative estimate of drug-likeness (QED) is 0.644. The van der Waals surface area contributed by atoms with Crippen LogP contribution < -0.4 is 16.8 Å². The second kappa shape index (κ2) is 5.37. The minimum absolute atomic E-state index is 0.0928. The summed E-state index contributed by atoms with van der Waals surface area (Å²) in [6.45, 7) is 2.59. The number of primary amides is 1.